The maximum absolute atomic E-state index is 10.4. The summed E-state index contributed by atoms with van der Waals surface area (Å²) in [4.78, 5) is 0. The molecule has 94 valence electrons. The Hall–Kier alpha value is -1.64. The first-order valence-corrected chi connectivity index (χ1v) is 6.16. The van der Waals surface area contributed by atoms with E-state index in [9.17, 15) is 10.2 Å². The van der Waals surface area contributed by atoms with E-state index in [0.29, 0.717) is 0 Å². The minimum absolute atomic E-state index is 0.311. The third-order valence-electron chi connectivity index (χ3n) is 3.19. The Morgan fingerprint density at radius 1 is 0.722 bits per heavy atom. The van der Waals surface area contributed by atoms with Gasteiger partial charge in [0.2, 0.25) is 0 Å². The van der Waals surface area contributed by atoms with Crippen LogP contribution in [0.15, 0.2) is 60.7 Å². The number of aliphatic hydroxyl groups excluding tert-OH is 2. The molecule has 3 atom stereocenters. The molecule has 2 N–H and O–H groups in total. The molecule has 0 saturated heterocycles. The summed E-state index contributed by atoms with van der Waals surface area (Å²) < 4.78 is 0. The van der Waals surface area contributed by atoms with Gasteiger partial charge in [-0.25, -0.2) is 0 Å². The number of aliphatic hydroxyl groups is 2. The van der Waals surface area contributed by atoms with Crippen LogP contribution in [0.25, 0.3) is 0 Å². The van der Waals surface area contributed by atoms with Gasteiger partial charge in [-0.2, -0.15) is 0 Å². The van der Waals surface area contributed by atoms with E-state index < -0.39 is 12.2 Å². The lowest BCUT2D eigenvalue weighted by molar-refractivity contribution is 0.0619. The summed E-state index contributed by atoms with van der Waals surface area (Å²) in [5.74, 6) is -0.311. The highest BCUT2D eigenvalue weighted by Gasteiger charge is 2.26. The highest BCUT2D eigenvalue weighted by atomic mass is 16.3. The first-order valence-electron chi connectivity index (χ1n) is 6.16. The van der Waals surface area contributed by atoms with Crippen molar-refractivity contribution in [1.82, 2.24) is 0 Å². The molecule has 2 rings (SSSR count). The molecule has 0 aliphatic rings. The van der Waals surface area contributed by atoms with Gasteiger partial charge >= 0.3 is 0 Å². The molecule has 0 aliphatic carbocycles. The minimum Gasteiger partial charge on any atom is -0.393 e. The second-order valence-corrected chi connectivity index (χ2v) is 4.53. The fraction of sp³-hybridized carbons (Fsp3) is 0.250. The van der Waals surface area contributed by atoms with Crippen LogP contribution in [0.5, 0.6) is 0 Å². The summed E-state index contributed by atoms with van der Waals surface area (Å²) in [6, 6.07) is 19.1. The number of hydrogen-bond donors (Lipinski definition) is 2. The van der Waals surface area contributed by atoms with Gasteiger partial charge in [-0.1, -0.05) is 60.7 Å². The summed E-state index contributed by atoms with van der Waals surface area (Å²) >= 11 is 0. The second-order valence-electron chi connectivity index (χ2n) is 4.53. The fourth-order valence-corrected chi connectivity index (χ4v) is 2.26. The zero-order valence-corrected chi connectivity index (χ0v) is 10.4. The van der Waals surface area contributed by atoms with Gasteiger partial charge in [0.1, 0.15) is 0 Å². The Morgan fingerprint density at radius 3 is 1.61 bits per heavy atom. The Labute approximate surface area is 108 Å². The lowest BCUT2D eigenvalue weighted by Crippen LogP contribution is -2.22. The minimum atomic E-state index is -0.700. The molecule has 18 heavy (non-hydrogen) atoms. The maximum atomic E-state index is 10.4. The van der Waals surface area contributed by atoms with E-state index in [1.165, 1.54) is 0 Å². The molecule has 0 spiro atoms. The lowest BCUT2D eigenvalue weighted by atomic mass is 9.85. The predicted molar refractivity (Wildman–Crippen MR) is 72.3 cm³/mol. The molecule has 0 amide bonds. The van der Waals surface area contributed by atoms with Crippen LogP contribution in [0.1, 0.15) is 30.1 Å². The van der Waals surface area contributed by atoms with Crippen molar-refractivity contribution in [2.24, 2.45) is 0 Å². The van der Waals surface area contributed by atoms with Crippen LogP contribution < -0.4 is 0 Å². The van der Waals surface area contributed by atoms with E-state index in [1.807, 2.05) is 60.7 Å². The first kappa shape index (κ1) is 12.8. The topological polar surface area (TPSA) is 40.5 Å². The summed E-state index contributed by atoms with van der Waals surface area (Å²) in [6.07, 6.45) is -1.31. The van der Waals surface area contributed by atoms with Crippen LogP contribution in [0.4, 0.5) is 0 Å². The second kappa shape index (κ2) is 5.80. The molecule has 0 unspecified atom stereocenters. The first-order chi connectivity index (χ1) is 8.70. The van der Waals surface area contributed by atoms with Crippen molar-refractivity contribution in [2.75, 3.05) is 0 Å². The Kier molecular flexibility index (Phi) is 4.13. The highest BCUT2D eigenvalue weighted by molar-refractivity contribution is 5.27. The molecule has 0 bridgehead atoms. The average Bonchev–Trinajstić information content (AvgIpc) is 2.40. The molecule has 2 aromatic rings. The number of rotatable bonds is 4. The monoisotopic (exact) mass is 242 g/mol. The van der Waals surface area contributed by atoms with Crippen molar-refractivity contribution in [3.8, 4) is 0 Å². The summed E-state index contributed by atoms with van der Waals surface area (Å²) in [6.45, 7) is 1.71. The predicted octanol–water partition coefficient (Wildman–Crippen LogP) is 2.88. The van der Waals surface area contributed by atoms with Gasteiger partial charge in [0.15, 0.2) is 0 Å². The summed E-state index contributed by atoms with van der Waals surface area (Å²) in [5.41, 5.74) is 1.77. The van der Waals surface area contributed by atoms with E-state index in [0.717, 1.165) is 11.1 Å². The van der Waals surface area contributed by atoms with Crippen LogP contribution in [0, 0.1) is 0 Å². The molecule has 2 heteroatoms. The van der Waals surface area contributed by atoms with Crippen molar-refractivity contribution in [2.45, 2.75) is 25.0 Å². The third-order valence-corrected chi connectivity index (χ3v) is 3.19. The molecule has 0 saturated carbocycles. The molecular weight excluding hydrogens is 224 g/mol. The molecule has 2 aromatic carbocycles. The summed E-state index contributed by atoms with van der Waals surface area (Å²) in [5, 5.41) is 20.4. The Balaban J connectivity index is 2.32. The van der Waals surface area contributed by atoms with Crippen molar-refractivity contribution in [3.63, 3.8) is 0 Å². The standard InChI is InChI=1S/C16H18O2/c1-12(17)15(13-8-4-2-5-9-13)16(18)14-10-6-3-7-11-14/h2-12,15-18H,1H3/t12-,15-,16-/m0/s1. The smallest absolute Gasteiger partial charge is 0.0883 e. The van der Waals surface area contributed by atoms with Crippen LogP contribution in [0.3, 0.4) is 0 Å². The van der Waals surface area contributed by atoms with E-state index in [4.69, 9.17) is 0 Å². The van der Waals surface area contributed by atoms with Gasteiger partial charge < -0.3 is 10.2 Å². The van der Waals surface area contributed by atoms with E-state index in [-0.39, 0.29) is 5.92 Å². The van der Waals surface area contributed by atoms with Gasteiger partial charge in [0.25, 0.3) is 0 Å². The van der Waals surface area contributed by atoms with E-state index in [1.54, 1.807) is 6.92 Å². The SMILES string of the molecule is C[C@H](O)[C@@H](c1ccccc1)[C@@H](O)c1ccccc1. The molecule has 2 nitrogen and oxygen atoms in total. The zero-order chi connectivity index (χ0) is 13.0. The van der Waals surface area contributed by atoms with Gasteiger partial charge in [-0.3, -0.25) is 0 Å². The van der Waals surface area contributed by atoms with Crippen molar-refractivity contribution in [3.05, 3.63) is 71.8 Å². The molecule has 0 heterocycles. The van der Waals surface area contributed by atoms with E-state index >= 15 is 0 Å². The molecular formula is C16H18O2. The molecule has 0 aliphatic heterocycles. The number of benzene rings is 2. The van der Waals surface area contributed by atoms with Gasteiger partial charge in [-0.05, 0) is 18.1 Å². The lowest BCUT2D eigenvalue weighted by Gasteiger charge is -2.26. The normalized spacial score (nSPS) is 15.9. The van der Waals surface area contributed by atoms with Crippen molar-refractivity contribution in [1.29, 1.82) is 0 Å². The molecule has 0 aromatic heterocycles. The highest BCUT2D eigenvalue weighted by Crippen LogP contribution is 2.33. The third kappa shape index (κ3) is 2.78. The quantitative estimate of drug-likeness (QED) is 0.865. The fourth-order valence-electron chi connectivity index (χ4n) is 2.26. The van der Waals surface area contributed by atoms with Crippen LogP contribution in [-0.2, 0) is 0 Å². The zero-order valence-electron chi connectivity index (χ0n) is 10.4. The van der Waals surface area contributed by atoms with E-state index in [2.05, 4.69) is 0 Å². The average molecular weight is 242 g/mol. The van der Waals surface area contributed by atoms with Crippen LogP contribution in [0.2, 0.25) is 0 Å². The Morgan fingerprint density at radius 2 is 1.17 bits per heavy atom. The van der Waals surface area contributed by atoms with Crippen LogP contribution >= 0.6 is 0 Å². The van der Waals surface area contributed by atoms with Crippen molar-refractivity contribution >= 4 is 0 Å². The largest absolute Gasteiger partial charge is 0.393 e. The van der Waals surface area contributed by atoms with Crippen LogP contribution in [-0.4, -0.2) is 16.3 Å². The van der Waals surface area contributed by atoms with Crippen molar-refractivity contribution < 1.29 is 10.2 Å². The van der Waals surface area contributed by atoms with Gasteiger partial charge in [0.05, 0.1) is 12.2 Å². The van der Waals surface area contributed by atoms with Gasteiger partial charge in [0, 0.05) is 5.92 Å². The molecule has 0 fully saturated rings. The number of hydrogen-bond acceptors (Lipinski definition) is 2. The Bertz CT molecular complexity index is 465. The maximum Gasteiger partial charge on any atom is 0.0883 e. The molecule has 0 radical (unpaired) electrons. The summed E-state index contributed by atoms with van der Waals surface area (Å²) in [7, 11) is 0. The van der Waals surface area contributed by atoms with Gasteiger partial charge in [-0.15, -0.1) is 0 Å².